The molecule has 112 valence electrons. The number of carbonyl (C=O) groups is 1. The molecular weight excluding hydrogens is 280 g/mol. The van der Waals surface area contributed by atoms with Gasteiger partial charge in [-0.15, -0.1) is 0 Å². The van der Waals surface area contributed by atoms with Crippen LogP contribution in [0.4, 0.5) is 11.4 Å². The van der Waals surface area contributed by atoms with Crippen molar-refractivity contribution in [3.05, 3.63) is 18.2 Å². The third kappa shape index (κ3) is 3.61. The molecule has 7 nitrogen and oxygen atoms in total. The highest BCUT2D eigenvalue weighted by Crippen LogP contribution is 2.26. The zero-order valence-electron chi connectivity index (χ0n) is 11.8. The molecule has 0 radical (unpaired) electrons. The summed E-state index contributed by atoms with van der Waals surface area (Å²) in [6.45, 7) is 2.50. The summed E-state index contributed by atoms with van der Waals surface area (Å²) in [6, 6.07) is 4.41. The van der Waals surface area contributed by atoms with Crippen molar-refractivity contribution >= 4 is 27.3 Å². The Morgan fingerprint density at radius 2 is 2.00 bits per heavy atom. The van der Waals surface area contributed by atoms with Crippen LogP contribution in [0.2, 0.25) is 0 Å². The number of anilines is 2. The van der Waals surface area contributed by atoms with Gasteiger partial charge in [-0.1, -0.05) is 0 Å². The number of likely N-dealkylation sites (N-methyl/N-ethyl adjacent to an activating group) is 2. The third-order valence-corrected chi connectivity index (χ3v) is 4.33. The minimum absolute atomic E-state index is 0.111. The van der Waals surface area contributed by atoms with E-state index in [2.05, 4.69) is 10.0 Å². The molecule has 0 aromatic heterocycles. The first-order valence-corrected chi connectivity index (χ1v) is 7.62. The van der Waals surface area contributed by atoms with Crippen molar-refractivity contribution in [1.29, 1.82) is 0 Å². The molecule has 1 amide bonds. The first kappa shape index (κ1) is 16.3. The first-order valence-electron chi connectivity index (χ1n) is 6.14. The van der Waals surface area contributed by atoms with E-state index in [0.29, 0.717) is 17.9 Å². The van der Waals surface area contributed by atoms with E-state index in [4.69, 9.17) is 5.73 Å². The van der Waals surface area contributed by atoms with E-state index in [1.807, 2.05) is 6.92 Å². The van der Waals surface area contributed by atoms with Crippen molar-refractivity contribution in [2.24, 2.45) is 0 Å². The Kier molecular flexibility index (Phi) is 5.34. The lowest BCUT2D eigenvalue weighted by molar-refractivity contribution is -0.119. The topological polar surface area (TPSA) is 105 Å². The summed E-state index contributed by atoms with van der Waals surface area (Å²) in [7, 11) is -0.662. The van der Waals surface area contributed by atoms with E-state index >= 15 is 0 Å². The van der Waals surface area contributed by atoms with Crippen molar-refractivity contribution in [1.82, 2.24) is 10.0 Å². The monoisotopic (exact) mass is 300 g/mol. The van der Waals surface area contributed by atoms with Crippen LogP contribution in [-0.4, -0.2) is 41.5 Å². The fraction of sp³-hybridized carbons (Fsp3) is 0.417. The van der Waals surface area contributed by atoms with Gasteiger partial charge < -0.3 is 16.0 Å². The van der Waals surface area contributed by atoms with Gasteiger partial charge in [0.05, 0.1) is 22.8 Å². The quantitative estimate of drug-likeness (QED) is 0.628. The molecule has 20 heavy (non-hydrogen) atoms. The summed E-state index contributed by atoms with van der Waals surface area (Å²) < 4.78 is 25.9. The predicted octanol–water partition coefficient (Wildman–Crippen LogP) is -0.251. The van der Waals surface area contributed by atoms with Crippen LogP contribution in [0, 0.1) is 0 Å². The highest BCUT2D eigenvalue weighted by molar-refractivity contribution is 7.89. The standard InChI is InChI=1S/C12H20N4O3S/c1-4-16(8-12(17)14-2)11-7-9(5-6-10(11)13)20(18,19)15-3/h5-7,15H,4,8,13H2,1-3H3,(H,14,17). The molecule has 1 aromatic carbocycles. The molecule has 0 saturated heterocycles. The lowest BCUT2D eigenvalue weighted by Gasteiger charge is -2.24. The number of hydrogen-bond donors (Lipinski definition) is 3. The highest BCUT2D eigenvalue weighted by atomic mass is 32.2. The van der Waals surface area contributed by atoms with Crippen molar-refractivity contribution < 1.29 is 13.2 Å². The first-order chi connectivity index (χ1) is 9.35. The second-order valence-corrected chi connectivity index (χ2v) is 6.00. The minimum atomic E-state index is -3.55. The number of nitrogen functional groups attached to an aromatic ring is 1. The van der Waals surface area contributed by atoms with Crippen LogP contribution in [0.25, 0.3) is 0 Å². The van der Waals surface area contributed by atoms with Gasteiger partial charge in [0, 0.05) is 13.6 Å². The molecule has 1 aromatic rings. The molecule has 0 unspecified atom stereocenters. The number of rotatable bonds is 6. The zero-order chi connectivity index (χ0) is 15.3. The molecule has 1 rings (SSSR count). The Labute approximate surface area is 119 Å². The van der Waals surface area contributed by atoms with Crippen LogP contribution in [0.15, 0.2) is 23.1 Å². The normalized spacial score (nSPS) is 11.2. The highest BCUT2D eigenvalue weighted by Gasteiger charge is 2.17. The number of carbonyl (C=O) groups excluding carboxylic acids is 1. The van der Waals surface area contributed by atoms with Gasteiger partial charge in [0.2, 0.25) is 15.9 Å². The Balaban J connectivity index is 3.22. The number of nitrogens with one attached hydrogen (secondary N) is 2. The molecule has 0 spiro atoms. The molecular formula is C12H20N4O3S. The molecule has 0 atom stereocenters. The molecule has 0 aliphatic rings. The number of hydrogen-bond acceptors (Lipinski definition) is 5. The van der Waals surface area contributed by atoms with Gasteiger partial charge in [0.25, 0.3) is 0 Å². The van der Waals surface area contributed by atoms with Crippen LogP contribution in [0.1, 0.15) is 6.92 Å². The van der Waals surface area contributed by atoms with Crippen molar-refractivity contribution in [2.45, 2.75) is 11.8 Å². The Morgan fingerprint density at radius 3 is 2.50 bits per heavy atom. The maximum Gasteiger partial charge on any atom is 0.240 e. The van der Waals surface area contributed by atoms with Crippen molar-refractivity contribution in [2.75, 3.05) is 37.8 Å². The van der Waals surface area contributed by atoms with Crippen LogP contribution < -0.4 is 20.7 Å². The van der Waals surface area contributed by atoms with Crippen LogP contribution in [0.5, 0.6) is 0 Å². The number of benzene rings is 1. The summed E-state index contributed by atoms with van der Waals surface area (Å²) in [6.07, 6.45) is 0. The Morgan fingerprint density at radius 1 is 1.35 bits per heavy atom. The van der Waals surface area contributed by atoms with Crippen molar-refractivity contribution in [3.63, 3.8) is 0 Å². The van der Waals surface area contributed by atoms with E-state index in [1.54, 1.807) is 11.9 Å². The van der Waals surface area contributed by atoms with Gasteiger partial charge in [-0.05, 0) is 32.2 Å². The maximum atomic E-state index is 11.8. The number of nitrogens with two attached hydrogens (primary N) is 1. The van der Waals surface area contributed by atoms with E-state index in [1.165, 1.54) is 25.2 Å². The molecule has 0 aliphatic heterocycles. The minimum Gasteiger partial charge on any atom is -0.397 e. The summed E-state index contributed by atoms with van der Waals surface area (Å²) >= 11 is 0. The van der Waals surface area contributed by atoms with Gasteiger partial charge in [0.15, 0.2) is 0 Å². The number of amides is 1. The van der Waals surface area contributed by atoms with Crippen LogP contribution >= 0.6 is 0 Å². The smallest absolute Gasteiger partial charge is 0.240 e. The largest absolute Gasteiger partial charge is 0.397 e. The fourth-order valence-electron chi connectivity index (χ4n) is 1.70. The summed E-state index contributed by atoms with van der Waals surface area (Å²) in [4.78, 5) is 13.3. The predicted molar refractivity (Wildman–Crippen MR) is 79.1 cm³/mol. The van der Waals surface area contributed by atoms with Crippen molar-refractivity contribution in [3.8, 4) is 0 Å². The van der Waals surface area contributed by atoms with E-state index in [-0.39, 0.29) is 17.3 Å². The van der Waals surface area contributed by atoms with E-state index in [0.717, 1.165) is 0 Å². The average Bonchev–Trinajstić information content (AvgIpc) is 2.45. The molecule has 0 aliphatic carbocycles. The average molecular weight is 300 g/mol. The Bertz CT molecular complexity index is 586. The van der Waals surface area contributed by atoms with Crippen LogP contribution in [-0.2, 0) is 14.8 Å². The summed E-state index contributed by atoms with van der Waals surface area (Å²) in [5.74, 6) is -0.173. The molecule has 4 N–H and O–H groups in total. The maximum absolute atomic E-state index is 11.8. The van der Waals surface area contributed by atoms with Gasteiger partial charge >= 0.3 is 0 Å². The summed E-state index contributed by atoms with van der Waals surface area (Å²) in [5, 5.41) is 2.52. The number of nitrogens with zero attached hydrogens (tertiary/aromatic N) is 1. The lowest BCUT2D eigenvalue weighted by Crippen LogP contribution is -2.36. The second-order valence-electron chi connectivity index (χ2n) is 4.12. The fourth-order valence-corrected chi connectivity index (χ4v) is 2.45. The van der Waals surface area contributed by atoms with Gasteiger partial charge in [-0.25, -0.2) is 13.1 Å². The lowest BCUT2D eigenvalue weighted by atomic mass is 10.2. The SMILES string of the molecule is CCN(CC(=O)NC)c1cc(S(=O)(=O)NC)ccc1N. The Hall–Kier alpha value is -1.80. The van der Waals surface area contributed by atoms with E-state index < -0.39 is 10.0 Å². The second kappa shape index (κ2) is 6.58. The molecule has 0 bridgehead atoms. The molecule has 0 heterocycles. The van der Waals surface area contributed by atoms with Crippen LogP contribution in [0.3, 0.4) is 0 Å². The van der Waals surface area contributed by atoms with Gasteiger partial charge in [-0.2, -0.15) is 0 Å². The molecule has 0 saturated carbocycles. The summed E-state index contributed by atoms with van der Waals surface area (Å²) in [5.41, 5.74) is 6.82. The zero-order valence-corrected chi connectivity index (χ0v) is 12.6. The molecule has 0 fully saturated rings. The van der Waals surface area contributed by atoms with Gasteiger partial charge in [0.1, 0.15) is 0 Å². The third-order valence-electron chi connectivity index (χ3n) is 2.92. The van der Waals surface area contributed by atoms with Gasteiger partial charge in [-0.3, -0.25) is 4.79 Å². The van der Waals surface area contributed by atoms with E-state index in [9.17, 15) is 13.2 Å². The molecule has 8 heteroatoms. The number of sulfonamides is 1.